The molecule has 0 aromatic heterocycles. The van der Waals surface area contributed by atoms with Gasteiger partial charge in [0.05, 0.1) is 0 Å². The van der Waals surface area contributed by atoms with Crippen LogP contribution in [0.3, 0.4) is 0 Å². The molecule has 0 heterocycles. The Morgan fingerprint density at radius 3 is 1.93 bits per heavy atom. The van der Waals surface area contributed by atoms with Gasteiger partial charge in [-0.25, -0.2) is 0 Å². The van der Waals surface area contributed by atoms with E-state index in [2.05, 4.69) is 29.2 Å². The summed E-state index contributed by atoms with van der Waals surface area (Å²) < 4.78 is 0. The largest absolute Gasteiger partial charge is 0.378 e. The molecule has 3 nitrogen and oxygen atoms in total. The first kappa shape index (κ1) is 11.0. The van der Waals surface area contributed by atoms with E-state index in [0.717, 1.165) is 0 Å². The summed E-state index contributed by atoms with van der Waals surface area (Å²) in [6.07, 6.45) is 0. The molecule has 1 aromatic carbocycles. The van der Waals surface area contributed by atoms with Gasteiger partial charge < -0.3 is 16.4 Å². The maximum Gasteiger partial charge on any atom is 0.0361 e. The highest BCUT2D eigenvalue weighted by atomic mass is 15.1. The summed E-state index contributed by atoms with van der Waals surface area (Å²) in [5.74, 6) is 0.284. The zero-order chi connectivity index (χ0) is 10.6. The molecule has 0 bridgehead atoms. The molecule has 1 aromatic rings. The highest BCUT2D eigenvalue weighted by molar-refractivity contribution is 5.46. The lowest BCUT2D eigenvalue weighted by molar-refractivity contribution is 0.708. The van der Waals surface area contributed by atoms with Gasteiger partial charge in [0.1, 0.15) is 0 Å². The Labute approximate surface area is 85.7 Å². The van der Waals surface area contributed by atoms with Crippen LogP contribution in [-0.4, -0.2) is 27.2 Å². The second-order valence-electron chi connectivity index (χ2n) is 3.65. The molecule has 0 spiro atoms. The summed E-state index contributed by atoms with van der Waals surface area (Å²) in [6.45, 7) is 1.22. The molecule has 0 aliphatic carbocycles. The summed E-state index contributed by atoms with van der Waals surface area (Å²) >= 11 is 0. The first-order valence-electron chi connectivity index (χ1n) is 4.86. The SMILES string of the molecule is CN(C)c1ccc(C(CN)CN)cc1. The van der Waals surface area contributed by atoms with Gasteiger partial charge in [-0.2, -0.15) is 0 Å². The summed E-state index contributed by atoms with van der Waals surface area (Å²) in [5.41, 5.74) is 13.7. The van der Waals surface area contributed by atoms with Crippen LogP contribution < -0.4 is 16.4 Å². The van der Waals surface area contributed by atoms with Crippen molar-refractivity contribution in [1.82, 2.24) is 0 Å². The third-order valence-corrected chi connectivity index (χ3v) is 2.45. The fourth-order valence-corrected chi connectivity index (χ4v) is 1.41. The van der Waals surface area contributed by atoms with Gasteiger partial charge in [-0.3, -0.25) is 0 Å². The lowest BCUT2D eigenvalue weighted by Gasteiger charge is -2.16. The zero-order valence-corrected chi connectivity index (χ0v) is 8.90. The average Bonchev–Trinajstić information content (AvgIpc) is 2.20. The van der Waals surface area contributed by atoms with E-state index >= 15 is 0 Å². The van der Waals surface area contributed by atoms with E-state index in [-0.39, 0.29) is 5.92 Å². The number of nitrogens with two attached hydrogens (primary N) is 2. The molecule has 0 radical (unpaired) electrons. The maximum atomic E-state index is 5.62. The van der Waals surface area contributed by atoms with Crippen LogP contribution in [-0.2, 0) is 0 Å². The van der Waals surface area contributed by atoms with Gasteiger partial charge in [0.2, 0.25) is 0 Å². The number of benzene rings is 1. The first-order chi connectivity index (χ1) is 6.69. The standard InChI is InChI=1S/C11H19N3/c1-14(2)11-5-3-9(4-6-11)10(7-12)8-13/h3-6,10H,7-8,12-13H2,1-2H3. The zero-order valence-electron chi connectivity index (χ0n) is 8.90. The maximum absolute atomic E-state index is 5.62. The van der Waals surface area contributed by atoms with Gasteiger partial charge in [0, 0.05) is 38.8 Å². The highest BCUT2D eigenvalue weighted by Gasteiger charge is 2.06. The van der Waals surface area contributed by atoms with E-state index in [9.17, 15) is 0 Å². The summed E-state index contributed by atoms with van der Waals surface area (Å²) in [5, 5.41) is 0. The van der Waals surface area contributed by atoms with Gasteiger partial charge in [-0.05, 0) is 17.7 Å². The fourth-order valence-electron chi connectivity index (χ4n) is 1.41. The molecule has 0 aliphatic heterocycles. The molecule has 0 aliphatic rings. The van der Waals surface area contributed by atoms with Gasteiger partial charge >= 0.3 is 0 Å². The predicted octanol–water partition coefficient (Wildman–Crippen LogP) is 0.754. The van der Waals surface area contributed by atoms with Gasteiger partial charge in [-0.1, -0.05) is 12.1 Å². The van der Waals surface area contributed by atoms with Crippen LogP contribution in [0.2, 0.25) is 0 Å². The van der Waals surface area contributed by atoms with Crippen molar-refractivity contribution in [3.05, 3.63) is 29.8 Å². The molecular weight excluding hydrogens is 174 g/mol. The fraction of sp³-hybridized carbons (Fsp3) is 0.455. The van der Waals surface area contributed by atoms with Crippen molar-refractivity contribution in [1.29, 1.82) is 0 Å². The quantitative estimate of drug-likeness (QED) is 0.742. The van der Waals surface area contributed by atoms with Crippen molar-refractivity contribution in [3.8, 4) is 0 Å². The van der Waals surface area contributed by atoms with Crippen molar-refractivity contribution in [3.63, 3.8) is 0 Å². The minimum absolute atomic E-state index is 0.284. The van der Waals surface area contributed by atoms with Crippen LogP contribution in [0.15, 0.2) is 24.3 Å². The van der Waals surface area contributed by atoms with Crippen LogP contribution >= 0.6 is 0 Å². The van der Waals surface area contributed by atoms with Gasteiger partial charge in [0.25, 0.3) is 0 Å². The van der Waals surface area contributed by atoms with Crippen molar-refractivity contribution >= 4 is 5.69 Å². The lowest BCUT2D eigenvalue weighted by atomic mass is 9.99. The number of anilines is 1. The predicted molar refractivity (Wildman–Crippen MR) is 61.6 cm³/mol. The Hall–Kier alpha value is -1.06. The van der Waals surface area contributed by atoms with Crippen LogP contribution in [0.1, 0.15) is 11.5 Å². The monoisotopic (exact) mass is 193 g/mol. The van der Waals surface area contributed by atoms with E-state index < -0.39 is 0 Å². The van der Waals surface area contributed by atoms with E-state index in [1.54, 1.807) is 0 Å². The van der Waals surface area contributed by atoms with E-state index in [4.69, 9.17) is 11.5 Å². The van der Waals surface area contributed by atoms with Gasteiger partial charge in [-0.15, -0.1) is 0 Å². The molecule has 0 unspecified atom stereocenters. The second kappa shape index (κ2) is 4.98. The molecule has 0 saturated carbocycles. The number of hydrogen-bond donors (Lipinski definition) is 2. The molecule has 0 fully saturated rings. The third kappa shape index (κ3) is 2.47. The smallest absolute Gasteiger partial charge is 0.0361 e. The summed E-state index contributed by atoms with van der Waals surface area (Å²) in [6, 6.07) is 8.38. The number of nitrogens with zero attached hydrogens (tertiary/aromatic N) is 1. The molecule has 0 atom stereocenters. The Morgan fingerprint density at radius 1 is 1.07 bits per heavy atom. The first-order valence-corrected chi connectivity index (χ1v) is 4.86. The minimum Gasteiger partial charge on any atom is -0.378 e. The van der Waals surface area contributed by atoms with Crippen LogP contribution in [0.4, 0.5) is 5.69 Å². The highest BCUT2D eigenvalue weighted by Crippen LogP contribution is 2.17. The van der Waals surface area contributed by atoms with Gasteiger partial charge in [0.15, 0.2) is 0 Å². The van der Waals surface area contributed by atoms with Crippen molar-refractivity contribution < 1.29 is 0 Å². The Balaban J connectivity index is 2.81. The average molecular weight is 193 g/mol. The molecule has 14 heavy (non-hydrogen) atoms. The Bertz CT molecular complexity index is 262. The van der Waals surface area contributed by atoms with Crippen LogP contribution in [0.25, 0.3) is 0 Å². The Kier molecular flexibility index (Phi) is 3.92. The van der Waals surface area contributed by atoms with Crippen molar-refractivity contribution in [2.45, 2.75) is 5.92 Å². The van der Waals surface area contributed by atoms with Crippen LogP contribution in [0, 0.1) is 0 Å². The summed E-state index contributed by atoms with van der Waals surface area (Å²) in [4.78, 5) is 2.07. The molecule has 3 heteroatoms. The molecule has 4 N–H and O–H groups in total. The molecule has 0 saturated heterocycles. The van der Waals surface area contributed by atoms with Crippen molar-refractivity contribution in [2.75, 3.05) is 32.1 Å². The van der Waals surface area contributed by atoms with Crippen molar-refractivity contribution in [2.24, 2.45) is 11.5 Å². The molecular formula is C11H19N3. The number of hydrogen-bond acceptors (Lipinski definition) is 3. The molecule has 78 valence electrons. The second-order valence-corrected chi connectivity index (χ2v) is 3.65. The Morgan fingerprint density at radius 2 is 1.57 bits per heavy atom. The van der Waals surface area contributed by atoms with Crippen LogP contribution in [0.5, 0.6) is 0 Å². The topological polar surface area (TPSA) is 55.3 Å². The molecule has 0 amide bonds. The van der Waals surface area contributed by atoms with E-state index in [1.807, 2.05) is 14.1 Å². The lowest BCUT2D eigenvalue weighted by Crippen LogP contribution is -2.21. The number of rotatable bonds is 4. The van der Waals surface area contributed by atoms with E-state index in [1.165, 1.54) is 11.3 Å². The minimum atomic E-state index is 0.284. The third-order valence-electron chi connectivity index (χ3n) is 2.45. The molecule has 1 rings (SSSR count). The normalized spacial score (nSPS) is 10.6. The summed E-state index contributed by atoms with van der Waals surface area (Å²) in [7, 11) is 4.05. The van der Waals surface area contributed by atoms with E-state index in [0.29, 0.717) is 13.1 Å².